The normalized spacial score (nSPS) is 17.6. The van der Waals surface area contributed by atoms with E-state index in [1.165, 1.54) is 6.07 Å². The summed E-state index contributed by atoms with van der Waals surface area (Å²) in [7, 11) is 0. The molecule has 1 aliphatic heterocycles. The number of benzene rings is 1. The van der Waals surface area contributed by atoms with Crippen molar-refractivity contribution in [3.8, 4) is 11.1 Å². The quantitative estimate of drug-likeness (QED) is 0.583. The van der Waals surface area contributed by atoms with Gasteiger partial charge in [0.25, 0.3) is 0 Å². The number of aromatic nitrogens is 2. The summed E-state index contributed by atoms with van der Waals surface area (Å²) >= 11 is 0. The predicted octanol–water partition coefficient (Wildman–Crippen LogP) is 5.10. The number of anilines is 1. The zero-order valence-corrected chi connectivity index (χ0v) is 17.8. The SMILES string of the molecule is Cc1c(-c2cc3c(cc2F)CC(=O)/C3=C\C2=Cc3ncccc3C2)cnc2c1NCCC2. The Morgan fingerprint density at radius 2 is 2.00 bits per heavy atom. The van der Waals surface area contributed by atoms with E-state index in [0.29, 0.717) is 11.1 Å². The molecule has 1 N–H and O–H groups in total. The molecule has 0 atom stereocenters. The van der Waals surface area contributed by atoms with Gasteiger partial charge < -0.3 is 5.32 Å². The molecule has 0 saturated carbocycles. The van der Waals surface area contributed by atoms with Crippen molar-refractivity contribution < 1.29 is 9.18 Å². The van der Waals surface area contributed by atoms with Gasteiger partial charge in [-0.1, -0.05) is 6.07 Å². The number of allylic oxidation sites excluding steroid dienone is 3. The highest BCUT2D eigenvalue weighted by molar-refractivity contribution is 6.26. The number of nitrogens with zero attached hydrogens (tertiary/aromatic N) is 2. The third kappa shape index (κ3) is 3.00. The zero-order chi connectivity index (χ0) is 21.8. The number of carbonyl (C=O) groups excluding carboxylic acids is 1. The van der Waals surface area contributed by atoms with Crippen LogP contribution in [0.25, 0.3) is 22.8 Å². The van der Waals surface area contributed by atoms with Crippen molar-refractivity contribution in [2.24, 2.45) is 0 Å². The van der Waals surface area contributed by atoms with E-state index < -0.39 is 0 Å². The smallest absolute Gasteiger partial charge is 0.167 e. The molecule has 32 heavy (non-hydrogen) atoms. The maximum absolute atomic E-state index is 15.2. The second-order valence-corrected chi connectivity index (χ2v) is 8.74. The summed E-state index contributed by atoms with van der Waals surface area (Å²) < 4.78 is 15.2. The van der Waals surface area contributed by atoms with Gasteiger partial charge in [-0.05, 0) is 84.4 Å². The van der Waals surface area contributed by atoms with Crippen LogP contribution in [0.15, 0.2) is 48.3 Å². The first kappa shape index (κ1) is 19.1. The summed E-state index contributed by atoms with van der Waals surface area (Å²) in [5.41, 5.74) is 9.71. The third-order valence-corrected chi connectivity index (χ3v) is 6.71. The number of hydrogen-bond acceptors (Lipinski definition) is 4. The van der Waals surface area contributed by atoms with Crippen LogP contribution in [0.4, 0.5) is 10.1 Å². The van der Waals surface area contributed by atoms with Gasteiger partial charge >= 0.3 is 0 Å². The number of carbonyl (C=O) groups is 1. The first-order chi connectivity index (χ1) is 15.6. The summed E-state index contributed by atoms with van der Waals surface area (Å²) in [6.07, 6.45) is 10.5. The first-order valence-electron chi connectivity index (χ1n) is 11.0. The largest absolute Gasteiger partial charge is 0.383 e. The van der Waals surface area contributed by atoms with Gasteiger partial charge in [0.15, 0.2) is 5.78 Å². The Labute approximate surface area is 185 Å². The molecule has 1 aromatic carbocycles. The van der Waals surface area contributed by atoms with Crippen LogP contribution in [0.3, 0.4) is 0 Å². The third-order valence-electron chi connectivity index (χ3n) is 6.71. The van der Waals surface area contributed by atoms with Gasteiger partial charge in [-0.15, -0.1) is 0 Å². The van der Waals surface area contributed by atoms with Crippen LogP contribution in [-0.4, -0.2) is 22.3 Å². The fourth-order valence-electron chi connectivity index (χ4n) is 5.07. The number of halogens is 1. The van der Waals surface area contributed by atoms with E-state index in [1.807, 2.05) is 31.2 Å². The summed E-state index contributed by atoms with van der Waals surface area (Å²) in [5, 5.41) is 3.42. The summed E-state index contributed by atoms with van der Waals surface area (Å²) in [4.78, 5) is 21.9. The molecular weight excluding hydrogens is 401 g/mol. The number of aryl methyl sites for hydroxylation is 1. The van der Waals surface area contributed by atoms with Crippen LogP contribution in [0, 0.1) is 12.7 Å². The molecule has 3 aliphatic rings. The van der Waals surface area contributed by atoms with Crippen molar-refractivity contribution in [2.75, 3.05) is 11.9 Å². The van der Waals surface area contributed by atoms with Crippen molar-refractivity contribution >= 4 is 23.1 Å². The van der Waals surface area contributed by atoms with Crippen molar-refractivity contribution in [3.05, 3.63) is 87.8 Å². The van der Waals surface area contributed by atoms with Gasteiger partial charge in [0.1, 0.15) is 5.82 Å². The molecule has 0 bridgehead atoms. The fourth-order valence-corrected chi connectivity index (χ4v) is 5.07. The number of hydrogen-bond donors (Lipinski definition) is 1. The Bertz CT molecular complexity index is 1370. The summed E-state index contributed by atoms with van der Waals surface area (Å²) in [6, 6.07) is 7.34. The minimum absolute atomic E-state index is 0.0309. The minimum atomic E-state index is -0.310. The average Bonchev–Trinajstić information content (AvgIpc) is 3.34. The fraction of sp³-hybridized carbons (Fsp3) is 0.222. The van der Waals surface area contributed by atoms with Crippen LogP contribution in [-0.2, 0) is 24.1 Å². The molecule has 3 aromatic rings. The molecule has 0 spiro atoms. The van der Waals surface area contributed by atoms with Crippen LogP contribution in [0.1, 0.15) is 40.1 Å². The van der Waals surface area contributed by atoms with E-state index in [1.54, 1.807) is 12.4 Å². The summed E-state index contributed by atoms with van der Waals surface area (Å²) in [6.45, 7) is 2.91. The Balaban J connectivity index is 1.44. The molecular formula is C27H22FN3O. The standard InChI is InChI=1S/C27H22FN3O/c1-15-22(14-31-24-5-3-7-30-27(15)24)20-13-19-18(11-23(20)28)12-26(32)21(19)9-16-8-17-4-2-6-29-25(17)10-16/h2,4,6,9-11,13-14,30H,3,5,7-8,12H2,1H3/b21-9-. The highest BCUT2D eigenvalue weighted by Crippen LogP contribution is 2.39. The Morgan fingerprint density at radius 3 is 2.88 bits per heavy atom. The van der Waals surface area contributed by atoms with Gasteiger partial charge in [0.05, 0.1) is 17.1 Å². The van der Waals surface area contributed by atoms with E-state index in [2.05, 4.69) is 21.4 Å². The van der Waals surface area contributed by atoms with Crippen LogP contribution in [0.2, 0.25) is 0 Å². The molecule has 5 heteroatoms. The van der Waals surface area contributed by atoms with E-state index in [9.17, 15) is 4.79 Å². The predicted molar refractivity (Wildman–Crippen MR) is 124 cm³/mol. The second kappa shape index (κ2) is 7.23. The monoisotopic (exact) mass is 423 g/mol. The maximum atomic E-state index is 15.2. The molecule has 3 heterocycles. The number of pyridine rings is 2. The molecule has 0 saturated heterocycles. The molecule has 2 aliphatic carbocycles. The van der Waals surface area contributed by atoms with Crippen molar-refractivity contribution in [1.82, 2.24) is 9.97 Å². The molecule has 0 amide bonds. The molecule has 6 rings (SSSR count). The highest BCUT2D eigenvalue weighted by Gasteiger charge is 2.28. The Morgan fingerprint density at radius 1 is 1.09 bits per heavy atom. The molecule has 0 radical (unpaired) electrons. The second-order valence-electron chi connectivity index (χ2n) is 8.74. The van der Waals surface area contributed by atoms with Crippen LogP contribution in [0.5, 0.6) is 0 Å². The summed E-state index contributed by atoms with van der Waals surface area (Å²) in [5.74, 6) is -0.279. The van der Waals surface area contributed by atoms with Gasteiger partial charge in [0.2, 0.25) is 0 Å². The number of rotatable bonds is 2. The molecule has 0 unspecified atom stereocenters. The van der Waals surface area contributed by atoms with Crippen molar-refractivity contribution in [3.63, 3.8) is 0 Å². The number of nitrogens with one attached hydrogen (secondary N) is 1. The molecule has 4 nitrogen and oxygen atoms in total. The van der Waals surface area contributed by atoms with Gasteiger partial charge in [-0.25, -0.2) is 4.39 Å². The number of ketones is 1. The Kier molecular flexibility index (Phi) is 4.32. The van der Waals surface area contributed by atoms with E-state index >= 15 is 4.39 Å². The van der Waals surface area contributed by atoms with Crippen molar-refractivity contribution in [1.29, 1.82) is 0 Å². The number of Topliss-reactive ketones (excluding diaryl/α,β-unsaturated/α-hetero) is 1. The van der Waals surface area contributed by atoms with E-state index in [0.717, 1.165) is 76.3 Å². The lowest BCUT2D eigenvalue weighted by atomic mass is 9.94. The van der Waals surface area contributed by atoms with Crippen LogP contribution >= 0.6 is 0 Å². The van der Waals surface area contributed by atoms with Gasteiger partial charge in [-0.3, -0.25) is 14.8 Å². The lowest BCUT2D eigenvalue weighted by Crippen LogP contribution is -2.15. The average molecular weight is 423 g/mol. The van der Waals surface area contributed by atoms with Gasteiger partial charge in [0, 0.05) is 42.1 Å². The molecule has 2 aromatic heterocycles. The Hall–Kier alpha value is -3.60. The lowest BCUT2D eigenvalue weighted by molar-refractivity contribution is -0.112. The highest BCUT2D eigenvalue weighted by atomic mass is 19.1. The van der Waals surface area contributed by atoms with E-state index in [-0.39, 0.29) is 18.0 Å². The van der Waals surface area contributed by atoms with Crippen LogP contribution < -0.4 is 5.32 Å². The number of fused-ring (bicyclic) bond motifs is 3. The molecule has 0 fully saturated rings. The lowest BCUT2D eigenvalue weighted by Gasteiger charge is -2.21. The van der Waals surface area contributed by atoms with Crippen molar-refractivity contribution in [2.45, 2.75) is 32.6 Å². The minimum Gasteiger partial charge on any atom is -0.383 e. The first-order valence-corrected chi connectivity index (χ1v) is 11.0. The topological polar surface area (TPSA) is 54.9 Å². The maximum Gasteiger partial charge on any atom is 0.167 e. The molecule has 158 valence electrons. The van der Waals surface area contributed by atoms with E-state index in [4.69, 9.17) is 0 Å². The van der Waals surface area contributed by atoms with Gasteiger partial charge in [-0.2, -0.15) is 0 Å². The zero-order valence-electron chi connectivity index (χ0n) is 17.8.